The summed E-state index contributed by atoms with van der Waals surface area (Å²) in [6.45, 7) is 3.49. The molecule has 1 aliphatic rings. The van der Waals surface area contributed by atoms with Crippen LogP contribution in [0.1, 0.15) is 30.9 Å². The first-order valence-electron chi connectivity index (χ1n) is 7.04. The Morgan fingerprint density at radius 3 is 2.19 bits per heavy atom. The Morgan fingerprint density at radius 1 is 1.10 bits per heavy atom. The average molecular weight is 290 g/mol. The number of carbonyl (C=O) groups excluding carboxylic acids is 3. The van der Waals surface area contributed by atoms with Gasteiger partial charge in [0, 0.05) is 5.92 Å². The average Bonchev–Trinajstić information content (AvgIpc) is 2.41. The van der Waals surface area contributed by atoms with Crippen molar-refractivity contribution in [1.82, 2.24) is 0 Å². The standard InChI is InChI=1S/C16H18O5/c1-3-20-15(18)13(16(19)21-4-2)14(17)12-9-10-7-5-6-8-11(10)12/h5-8,12-13H,3-4,9H2,1-2H3. The molecule has 2 rings (SSSR count). The zero-order chi connectivity index (χ0) is 15.4. The number of Topliss-reactive ketones (excluding diaryl/α,β-unsaturated/α-hetero) is 1. The molecule has 0 amide bonds. The van der Waals surface area contributed by atoms with Gasteiger partial charge in [0.05, 0.1) is 13.2 Å². The van der Waals surface area contributed by atoms with Crippen LogP contribution in [0, 0.1) is 5.92 Å². The third-order valence-corrected chi connectivity index (χ3v) is 3.53. The van der Waals surface area contributed by atoms with Gasteiger partial charge in [-0.3, -0.25) is 14.4 Å². The van der Waals surface area contributed by atoms with Crippen molar-refractivity contribution in [2.45, 2.75) is 26.2 Å². The third kappa shape index (κ3) is 2.96. The maximum Gasteiger partial charge on any atom is 0.328 e. The van der Waals surface area contributed by atoms with Crippen LogP contribution in [0.4, 0.5) is 0 Å². The van der Waals surface area contributed by atoms with Gasteiger partial charge in [0.2, 0.25) is 5.92 Å². The van der Waals surface area contributed by atoms with Gasteiger partial charge in [0.25, 0.3) is 0 Å². The fraction of sp³-hybridized carbons (Fsp3) is 0.438. The van der Waals surface area contributed by atoms with Crippen LogP contribution in [0.5, 0.6) is 0 Å². The topological polar surface area (TPSA) is 69.7 Å². The molecule has 0 radical (unpaired) electrons. The van der Waals surface area contributed by atoms with Gasteiger partial charge in [-0.1, -0.05) is 24.3 Å². The van der Waals surface area contributed by atoms with Gasteiger partial charge in [0.15, 0.2) is 5.78 Å². The van der Waals surface area contributed by atoms with E-state index in [2.05, 4.69) is 0 Å². The van der Waals surface area contributed by atoms with Crippen LogP contribution < -0.4 is 0 Å². The van der Waals surface area contributed by atoms with Crippen LogP contribution >= 0.6 is 0 Å². The van der Waals surface area contributed by atoms with Gasteiger partial charge < -0.3 is 9.47 Å². The number of ketones is 1. The number of fused-ring (bicyclic) bond motifs is 1. The molecule has 5 heteroatoms. The van der Waals surface area contributed by atoms with E-state index < -0.39 is 29.6 Å². The Hall–Kier alpha value is -2.17. The molecule has 1 aliphatic carbocycles. The lowest BCUT2D eigenvalue weighted by Gasteiger charge is -2.30. The molecule has 1 unspecified atom stereocenters. The molecule has 1 aromatic carbocycles. The molecule has 112 valence electrons. The summed E-state index contributed by atoms with van der Waals surface area (Å²) >= 11 is 0. The van der Waals surface area contributed by atoms with E-state index in [4.69, 9.17) is 9.47 Å². The number of carbonyl (C=O) groups is 3. The zero-order valence-electron chi connectivity index (χ0n) is 12.1. The van der Waals surface area contributed by atoms with E-state index in [1.807, 2.05) is 24.3 Å². The number of hydrogen-bond acceptors (Lipinski definition) is 5. The minimum absolute atomic E-state index is 0.114. The number of rotatable bonds is 6. The molecule has 1 atom stereocenters. The summed E-state index contributed by atoms with van der Waals surface area (Å²) in [5.41, 5.74) is 1.95. The van der Waals surface area contributed by atoms with E-state index in [9.17, 15) is 14.4 Å². The highest BCUT2D eigenvalue weighted by molar-refractivity contribution is 6.17. The molecule has 0 heterocycles. The van der Waals surface area contributed by atoms with Gasteiger partial charge in [-0.15, -0.1) is 0 Å². The predicted octanol–water partition coefficient (Wildman–Crippen LogP) is 1.64. The minimum Gasteiger partial charge on any atom is -0.465 e. The zero-order valence-corrected chi connectivity index (χ0v) is 12.1. The van der Waals surface area contributed by atoms with Gasteiger partial charge >= 0.3 is 11.9 Å². The Bertz CT molecular complexity index is 546. The van der Waals surface area contributed by atoms with Gasteiger partial charge in [0.1, 0.15) is 0 Å². The molecule has 0 spiro atoms. The summed E-state index contributed by atoms with van der Waals surface area (Å²) in [6.07, 6.45) is 0.546. The molecule has 0 fully saturated rings. The van der Waals surface area contributed by atoms with Crippen molar-refractivity contribution < 1.29 is 23.9 Å². The molecular weight excluding hydrogens is 272 g/mol. The van der Waals surface area contributed by atoms with Gasteiger partial charge in [-0.25, -0.2) is 0 Å². The largest absolute Gasteiger partial charge is 0.465 e. The second kappa shape index (κ2) is 6.52. The Kier molecular flexibility index (Phi) is 4.73. The van der Waals surface area contributed by atoms with Crippen LogP contribution in [0.2, 0.25) is 0 Å². The van der Waals surface area contributed by atoms with E-state index in [0.717, 1.165) is 11.1 Å². The smallest absolute Gasteiger partial charge is 0.328 e. The highest BCUT2D eigenvalue weighted by Gasteiger charge is 2.44. The molecule has 0 saturated heterocycles. The van der Waals surface area contributed by atoms with Crippen molar-refractivity contribution >= 4 is 17.7 Å². The second-order valence-electron chi connectivity index (χ2n) is 4.80. The van der Waals surface area contributed by atoms with Crippen molar-refractivity contribution in [3.05, 3.63) is 35.4 Å². The van der Waals surface area contributed by atoms with Gasteiger partial charge in [-0.05, 0) is 31.4 Å². The molecular formula is C16H18O5. The Morgan fingerprint density at radius 2 is 1.67 bits per heavy atom. The lowest BCUT2D eigenvalue weighted by molar-refractivity contribution is -0.164. The molecule has 0 aromatic heterocycles. The molecule has 1 aromatic rings. The number of benzene rings is 1. The van der Waals surface area contributed by atoms with E-state index in [1.165, 1.54) is 0 Å². The van der Waals surface area contributed by atoms with Crippen LogP contribution in [-0.2, 0) is 30.3 Å². The van der Waals surface area contributed by atoms with Crippen molar-refractivity contribution in [3.63, 3.8) is 0 Å². The van der Waals surface area contributed by atoms with E-state index in [1.54, 1.807) is 13.8 Å². The predicted molar refractivity (Wildman–Crippen MR) is 74.7 cm³/mol. The maximum atomic E-state index is 12.5. The van der Waals surface area contributed by atoms with E-state index in [-0.39, 0.29) is 13.2 Å². The molecule has 0 aliphatic heterocycles. The number of ether oxygens (including phenoxy) is 2. The lowest BCUT2D eigenvalue weighted by Crippen LogP contribution is -2.40. The quantitative estimate of drug-likeness (QED) is 0.588. The first-order chi connectivity index (χ1) is 10.1. The second-order valence-corrected chi connectivity index (χ2v) is 4.80. The lowest BCUT2D eigenvalue weighted by atomic mass is 9.72. The summed E-state index contributed by atoms with van der Waals surface area (Å²) in [5.74, 6) is -4.01. The highest BCUT2D eigenvalue weighted by atomic mass is 16.6. The van der Waals surface area contributed by atoms with Crippen LogP contribution in [-0.4, -0.2) is 30.9 Å². The first-order valence-corrected chi connectivity index (χ1v) is 7.04. The molecule has 0 saturated carbocycles. The number of esters is 2. The van der Waals surface area contributed by atoms with E-state index >= 15 is 0 Å². The van der Waals surface area contributed by atoms with Crippen molar-refractivity contribution in [3.8, 4) is 0 Å². The van der Waals surface area contributed by atoms with Gasteiger partial charge in [-0.2, -0.15) is 0 Å². The van der Waals surface area contributed by atoms with Crippen LogP contribution in [0.25, 0.3) is 0 Å². The Labute approximate surface area is 123 Å². The highest BCUT2D eigenvalue weighted by Crippen LogP contribution is 2.37. The van der Waals surface area contributed by atoms with Crippen molar-refractivity contribution in [1.29, 1.82) is 0 Å². The first kappa shape index (κ1) is 15.2. The normalized spacial score (nSPS) is 15.9. The SMILES string of the molecule is CCOC(=O)C(C(=O)OCC)C(=O)C1Cc2ccccc21. The van der Waals surface area contributed by atoms with Crippen LogP contribution in [0.15, 0.2) is 24.3 Å². The summed E-state index contributed by atoms with van der Waals surface area (Å²) in [6, 6.07) is 7.51. The maximum absolute atomic E-state index is 12.5. The minimum atomic E-state index is -1.48. The summed E-state index contributed by atoms with van der Waals surface area (Å²) < 4.78 is 9.68. The monoisotopic (exact) mass is 290 g/mol. The summed E-state index contributed by atoms with van der Waals surface area (Å²) in [5, 5.41) is 0. The fourth-order valence-electron chi connectivity index (χ4n) is 2.49. The summed E-state index contributed by atoms with van der Waals surface area (Å²) in [4.78, 5) is 36.3. The third-order valence-electron chi connectivity index (χ3n) is 3.53. The Balaban J connectivity index is 2.19. The van der Waals surface area contributed by atoms with Crippen molar-refractivity contribution in [2.24, 2.45) is 5.92 Å². The molecule has 0 bridgehead atoms. The summed E-state index contributed by atoms with van der Waals surface area (Å²) in [7, 11) is 0. The fourth-order valence-corrected chi connectivity index (χ4v) is 2.49. The molecule has 5 nitrogen and oxygen atoms in total. The molecule has 21 heavy (non-hydrogen) atoms. The van der Waals surface area contributed by atoms with Crippen LogP contribution in [0.3, 0.4) is 0 Å². The number of hydrogen-bond donors (Lipinski definition) is 0. The van der Waals surface area contributed by atoms with E-state index in [0.29, 0.717) is 6.42 Å². The van der Waals surface area contributed by atoms with Crippen molar-refractivity contribution in [2.75, 3.05) is 13.2 Å². The molecule has 0 N–H and O–H groups in total.